The van der Waals surface area contributed by atoms with E-state index in [1.54, 1.807) is 6.20 Å². The molecule has 0 bridgehead atoms. The van der Waals surface area contributed by atoms with Gasteiger partial charge in [-0.1, -0.05) is 11.8 Å². The summed E-state index contributed by atoms with van der Waals surface area (Å²) < 4.78 is 7.63. The van der Waals surface area contributed by atoms with Crippen LogP contribution in [0, 0.1) is 6.92 Å². The van der Waals surface area contributed by atoms with Gasteiger partial charge in [0.15, 0.2) is 5.16 Å². The van der Waals surface area contributed by atoms with Crippen LogP contribution in [0.5, 0.6) is 0 Å². The van der Waals surface area contributed by atoms with E-state index in [1.807, 2.05) is 11.5 Å². The molecule has 94 valence electrons. The number of hydrogen-bond donors (Lipinski definition) is 1. The molecule has 5 nitrogen and oxygen atoms in total. The largest absolute Gasteiger partial charge is 0.481 e. The van der Waals surface area contributed by atoms with E-state index >= 15 is 0 Å². The van der Waals surface area contributed by atoms with Crippen molar-refractivity contribution in [1.29, 1.82) is 0 Å². The highest BCUT2D eigenvalue weighted by molar-refractivity contribution is 7.99. The molecule has 0 saturated carbocycles. The SMILES string of the molecule is Cc1cnc(SCC(=O)O)n1CC1CCCO1. The molecule has 1 unspecified atom stereocenters. The van der Waals surface area contributed by atoms with Gasteiger partial charge in [0.1, 0.15) is 0 Å². The lowest BCUT2D eigenvalue weighted by Gasteiger charge is -2.14. The molecule has 1 saturated heterocycles. The minimum atomic E-state index is -0.820. The molecule has 2 heterocycles. The number of thioether (sulfide) groups is 1. The van der Waals surface area contributed by atoms with E-state index in [0.29, 0.717) is 0 Å². The third-order valence-electron chi connectivity index (χ3n) is 2.75. The molecule has 1 aliphatic rings. The van der Waals surface area contributed by atoms with Gasteiger partial charge in [0, 0.05) is 18.5 Å². The van der Waals surface area contributed by atoms with Crippen LogP contribution in [-0.2, 0) is 16.1 Å². The van der Waals surface area contributed by atoms with Crippen LogP contribution in [-0.4, -0.2) is 39.1 Å². The Balaban J connectivity index is 2.03. The van der Waals surface area contributed by atoms with Crippen molar-refractivity contribution in [2.24, 2.45) is 0 Å². The zero-order chi connectivity index (χ0) is 12.3. The Labute approximate surface area is 104 Å². The summed E-state index contributed by atoms with van der Waals surface area (Å²) in [4.78, 5) is 14.8. The number of imidazole rings is 1. The lowest BCUT2D eigenvalue weighted by molar-refractivity contribution is -0.133. The minimum Gasteiger partial charge on any atom is -0.481 e. The van der Waals surface area contributed by atoms with Crippen molar-refractivity contribution < 1.29 is 14.6 Å². The highest BCUT2D eigenvalue weighted by atomic mass is 32.2. The number of aliphatic carboxylic acids is 1. The molecule has 0 spiro atoms. The average Bonchev–Trinajstić information content (AvgIpc) is 2.89. The standard InChI is InChI=1S/C11H16N2O3S/c1-8-5-12-11(17-7-10(14)15)13(8)6-9-3-2-4-16-9/h5,9H,2-4,6-7H2,1H3,(H,14,15). The van der Waals surface area contributed by atoms with Crippen LogP contribution < -0.4 is 0 Å². The molecule has 17 heavy (non-hydrogen) atoms. The fourth-order valence-corrected chi connectivity index (χ4v) is 2.65. The Kier molecular flexibility index (Phi) is 4.06. The highest BCUT2D eigenvalue weighted by Crippen LogP contribution is 2.21. The maximum absolute atomic E-state index is 10.6. The first kappa shape index (κ1) is 12.4. The first-order valence-electron chi connectivity index (χ1n) is 5.65. The molecule has 6 heteroatoms. The van der Waals surface area contributed by atoms with Crippen LogP contribution in [0.15, 0.2) is 11.4 Å². The Morgan fingerprint density at radius 3 is 3.24 bits per heavy atom. The zero-order valence-electron chi connectivity index (χ0n) is 9.76. The first-order valence-corrected chi connectivity index (χ1v) is 6.63. The molecule has 0 aliphatic carbocycles. The number of nitrogens with zero attached hydrogens (tertiary/aromatic N) is 2. The zero-order valence-corrected chi connectivity index (χ0v) is 10.6. The summed E-state index contributed by atoms with van der Waals surface area (Å²) in [6.07, 6.45) is 4.20. The number of carbonyl (C=O) groups is 1. The van der Waals surface area contributed by atoms with Crippen molar-refractivity contribution in [3.8, 4) is 0 Å². The van der Waals surface area contributed by atoms with Gasteiger partial charge in [0.2, 0.25) is 0 Å². The third-order valence-corrected chi connectivity index (χ3v) is 3.73. The maximum atomic E-state index is 10.6. The number of carboxylic acid groups (broad SMARTS) is 1. The second kappa shape index (κ2) is 5.55. The lowest BCUT2D eigenvalue weighted by Crippen LogP contribution is -2.17. The van der Waals surface area contributed by atoms with Crippen molar-refractivity contribution in [3.63, 3.8) is 0 Å². The van der Waals surface area contributed by atoms with Crippen molar-refractivity contribution in [2.45, 2.75) is 37.6 Å². The average molecular weight is 256 g/mol. The number of hydrogen-bond acceptors (Lipinski definition) is 4. The lowest BCUT2D eigenvalue weighted by atomic mass is 10.2. The van der Waals surface area contributed by atoms with Crippen molar-refractivity contribution in [1.82, 2.24) is 9.55 Å². The molecule has 1 aromatic heterocycles. The Hall–Kier alpha value is -1.01. The molecule has 1 atom stereocenters. The van der Waals surface area contributed by atoms with Gasteiger partial charge in [-0.05, 0) is 19.8 Å². The Bertz CT molecular complexity index is 399. The number of rotatable bonds is 5. The molecule has 1 N–H and O–H groups in total. The molecule has 1 fully saturated rings. The van der Waals surface area contributed by atoms with Crippen LogP contribution in [0.3, 0.4) is 0 Å². The molecule has 1 aliphatic heterocycles. The van der Waals surface area contributed by atoms with Gasteiger partial charge in [0.25, 0.3) is 0 Å². The van der Waals surface area contributed by atoms with Crippen LogP contribution >= 0.6 is 11.8 Å². The summed E-state index contributed by atoms with van der Waals surface area (Å²) in [7, 11) is 0. The molecule has 0 amide bonds. The van der Waals surface area contributed by atoms with E-state index in [9.17, 15) is 4.79 Å². The fourth-order valence-electron chi connectivity index (χ4n) is 1.89. The molecular weight excluding hydrogens is 240 g/mol. The van der Waals surface area contributed by atoms with E-state index in [4.69, 9.17) is 9.84 Å². The van der Waals surface area contributed by atoms with Crippen LogP contribution in [0.25, 0.3) is 0 Å². The second-order valence-electron chi connectivity index (χ2n) is 4.11. The molecule has 1 aromatic rings. The highest BCUT2D eigenvalue weighted by Gasteiger charge is 2.19. The third kappa shape index (κ3) is 3.23. The van der Waals surface area contributed by atoms with Crippen LogP contribution in [0.2, 0.25) is 0 Å². The van der Waals surface area contributed by atoms with Gasteiger partial charge in [-0.15, -0.1) is 0 Å². The number of carboxylic acids is 1. The van der Waals surface area contributed by atoms with E-state index in [1.165, 1.54) is 11.8 Å². The molecule has 2 rings (SSSR count). The number of aryl methyl sites for hydroxylation is 1. The van der Waals surface area contributed by atoms with Crippen molar-refractivity contribution in [2.75, 3.05) is 12.4 Å². The Morgan fingerprint density at radius 2 is 2.59 bits per heavy atom. The van der Waals surface area contributed by atoms with E-state index in [2.05, 4.69) is 4.98 Å². The van der Waals surface area contributed by atoms with E-state index < -0.39 is 5.97 Å². The predicted octanol–water partition coefficient (Wildman–Crippen LogP) is 1.55. The van der Waals surface area contributed by atoms with Gasteiger partial charge >= 0.3 is 5.97 Å². The van der Waals surface area contributed by atoms with Crippen molar-refractivity contribution in [3.05, 3.63) is 11.9 Å². The fraction of sp³-hybridized carbons (Fsp3) is 0.636. The van der Waals surface area contributed by atoms with Crippen molar-refractivity contribution >= 4 is 17.7 Å². The van der Waals surface area contributed by atoms with E-state index in [-0.39, 0.29) is 11.9 Å². The topological polar surface area (TPSA) is 64.3 Å². The number of ether oxygens (including phenoxy) is 1. The summed E-state index contributed by atoms with van der Waals surface area (Å²) in [6, 6.07) is 0. The summed E-state index contributed by atoms with van der Waals surface area (Å²) in [5.41, 5.74) is 1.05. The molecule has 0 radical (unpaired) electrons. The van der Waals surface area contributed by atoms with Gasteiger partial charge < -0.3 is 14.4 Å². The van der Waals surface area contributed by atoms with E-state index in [0.717, 1.165) is 36.8 Å². The summed E-state index contributed by atoms with van der Waals surface area (Å²) in [5, 5.41) is 9.44. The smallest absolute Gasteiger partial charge is 0.313 e. The molecule has 0 aromatic carbocycles. The predicted molar refractivity (Wildman–Crippen MR) is 64.3 cm³/mol. The first-order chi connectivity index (χ1) is 8.16. The maximum Gasteiger partial charge on any atom is 0.313 e. The van der Waals surface area contributed by atoms with Crippen LogP contribution in [0.1, 0.15) is 18.5 Å². The number of aromatic nitrogens is 2. The normalized spacial score (nSPS) is 19.7. The molecular formula is C11H16N2O3S. The van der Waals surface area contributed by atoms with Gasteiger partial charge in [-0.2, -0.15) is 0 Å². The van der Waals surface area contributed by atoms with Gasteiger partial charge in [0.05, 0.1) is 18.4 Å². The summed E-state index contributed by atoms with van der Waals surface area (Å²) in [6.45, 7) is 3.58. The van der Waals surface area contributed by atoms with Gasteiger partial charge in [-0.25, -0.2) is 4.98 Å². The minimum absolute atomic E-state index is 0.0436. The Morgan fingerprint density at radius 1 is 1.76 bits per heavy atom. The summed E-state index contributed by atoms with van der Waals surface area (Å²) >= 11 is 1.26. The van der Waals surface area contributed by atoms with Crippen LogP contribution in [0.4, 0.5) is 0 Å². The monoisotopic (exact) mass is 256 g/mol. The second-order valence-corrected chi connectivity index (χ2v) is 5.05. The quantitative estimate of drug-likeness (QED) is 0.810. The van der Waals surface area contributed by atoms with Gasteiger partial charge in [-0.3, -0.25) is 4.79 Å². The summed E-state index contributed by atoms with van der Waals surface area (Å²) in [5.74, 6) is -0.776.